The topological polar surface area (TPSA) is 109 Å². The third-order valence-electron chi connectivity index (χ3n) is 4.71. The highest BCUT2D eigenvalue weighted by Gasteiger charge is 2.36. The van der Waals surface area contributed by atoms with E-state index in [1.165, 1.54) is 6.07 Å². The number of amides is 1. The van der Waals surface area contributed by atoms with Gasteiger partial charge >= 0.3 is 6.18 Å². The van der Waals surface area contributed by atoms with E-state index in [1.807, 2.05) is 0 Å². The molecule has 0 spiro atoms. The molecule has 0 bridgehead atoms. The molecule has 186 valence electrons. The Morgan fingerprint density at radius 2 is 2.00 bits per heavy atom. The fraction of sp³-hybridized carbons (Fsp3) is 0.273. The number of carbonyl (C=O) groups is 1. The highest BCUT2D eigenvalue weighted by atomic mass is 35.5. The largest absolute Gasteiger partial charge is 0.493 e. The predicted molar refractivity (Wildman–Crippen MR) is 120 cm³/mol. The van der Waals surface area contributed by atoms with Crippen LogP contribution in [0.2, 0.25) is 5.02 Å². The van der Waals surface area contributed by atoms with Crippen LogP contribution in [-0.2, 0) is 12.6 Å². The van der Waals surface area contributed by atoms with Crippen molar-refractivity contribution >= 4 is 23.2 Å². The summed E-state index contributed by atoms with van der Waals surface area (Å²) in [5.41, 5.74) is -2.20. The number of aromatic amines is 1. The number of anilines is 1. The quantitative estimate of drug-likeness (QED) is 0.296. The Kier molecular flexibility index (Phi) is 8.41. The smallest absolute Gasteiger partial charge is 0.434 e. The van der Waals surface area contributed by atoms with Gasteiger partial charge in [-0.3, -0.25) is 9.59 Å². The van der Waals surface area contributed by atoms with Crippen molar-refractivity contribution in [3.05, 3.63) is 80.2 Å². The number of nitrogens with one attached hydrogen (secondary N) is 3. The van der Waals surface area contributed by atoms with Gasteiger partial charge < -0.3 is 15.4 Å². The number of pyridine rings is 1. The molecule has 0 aliphatic carbocycles. The fourth-order valence-electron chi connectivity index (χ4n) is 3.12. The Morgan fingerprint density at radius 3 is 2.69 bits per heavy atom. The Morgan fingerprint density at radius 1 is 1.23 bits per heavy atom. The van der Waals surface area contributed by atoms with E-state index in [0.717, 1.165) is 30.5 Å². The van der Waals surface area contributed by atoms with Crippen LogP contribution in [0.15, 0.2) is 41.3 Å². The van der Waals surface area contributed by atoms with Gasteiger partial charge in [-0.2, -0.15) is 18.3 Å². The standard InChI is InChI=1S/C22H20ClF4N5O3/c1-28-5-2-6-35-18-8-13(24)4-3-12(18)7-17-15(10-16(23)20(31-17)22(25,26)27)21(34)30-14-9-19(33)32-29-11-14/h3-4,8-11,28H,2,5-7H2,1H3,(H2,30,32,33,34). The van der Waals surface area contributed by atoms with Crippen LogP contribution in [0.1, 0.15) is 33.7 Å². The van der Waals surface area contributed by atoms with Crippen LogP contribution in [0.5, 0.6) is 5.75 Å². The molecule has 0 saturated heterocycles. The summed E-state index contributed by atoms with van der Waals surface area (Å²) in [6.45, 7) is 0.863. The number of hydrogen-bond acceptors (Lipinski definition) is 6. The summed E-state index contributed by atoms with van der Waals surface area (Å²) in [4.78, 5) is 28.0. The molecule has 1 aromatic carbocycles. The summed E-state index contributed by atoms with van der Waals surface area (Å²) >= 11 is 5.80. The lowest BCUT2D eigenvalue weighted by Gasteiger charge is -2.16. The van der Waals surface area contributed by atoms with Crippen molar-refractivity contribution in [1.82, 2.24) is 20.5 Å². The Hall–Kier alpha value is -3.51. The van der Waals surface area contributed by atoms with Gasteiger partial charge in [-0.1, -0.05) is 17.7 Å². The number of nitrogens with zero attached hydrogens (tertiary/aromatic N) is 2. The molecule has 13 heteroatoms. The molecule has 3 aromatic rings. The number of carbonyl (C=O) groups excluding carboxylic acids is 1. The van der Waals surface area contributed by atoms with Gasteiger partial charge in [0.05, 0.1) is 34.8 Å². The van der Waals surface area contributed by atoms with E-state index in [2.05, 4.69) is 25.8 Å². The molecule has 0 aliphatic heterocycles. The van der Waals surface area contributed by atoms with E-state index >= 15 is 0 Å². The molecule has 0 saturated carbocycles. The first-order chi connectivity index (χ1) is 16.6. The molecule has 8 nitrogen and oxygen atoms in total. The van der Waals surface area contributed by atoms with E-state index in [-0.39, 0.29) is 35.7 Å². The molecule has 0 radical (unpaired) electrons. The Bertz CT molecular complexity index is 1270. The summed E-state index contributed by atoms with van der Waals surface area (Å²) in [6, 6.07) is 5.46. The summed E-state index contributed by atoms with van der Waals surface area (Å²) < 4.78 is 59.9. The van der Waals surface area contributed by atoms with Gasteiger partial charge in [0.15, 0.2) is 5.69 Å². The number of ether oxygens (including phenoxy) is 1. The van der Waals surface area contributed by atoms with Crippen molar-refractivity contribution in [2.75, 3.05) is 25.5 Å². The van der Waals surface area contributed by atoms with Crippen LogP contribution in [0.25, 0.3) is 0 Å². The van der Waals surface area contributed by atoms with Gasteiger partial charge in [0.2, 0.25) is 0 Å². The van der Waals surface area contributed by atoms with Gasteiger partial charge in [-0.25, -0.2) is 14.5 Å². The van der Waals surface area contributed by atoms with Crippen LogP contribution in [0, 0.1) is 5.82 Å². The number of hydrogen-bond donors (Lipinski definition) is 3. The maximum Gasteiger partial charge on any atom is 0.434 e. The highest BCUT2D eigenvalue weighted by Crippen LogP contribution is 2.35. The average Bonchev–Trinajstić information content (AvgIpc) is 2.78. The van der Waals surface area contributed by atoms with Crippen molar-refractivity contribution in [2.45, 2.75) is 19.0 Å². The van der Waals surface area contributed by atoms with E-state index in [9.17, 15) is 27.2 Å². The maximum atomic E-state index is 13.8. The normalized spacial score (nSPS) is 11.4. The van der Waals surface area contributed by atoms with Gasteiger partial charge in [-0.05, 0) is 32.1 Å². The number of halogens is 5. The van der Waals surface area contributed by atoms with E-state index < -0.39 is 34.2 Å². The molecule has 2 heterocycles. The molecular formula is C22H20ClF4N5O3. The maximum absolute atomic E-state index is 13.8. The van der Waals surface area contributed by atoms with Gasteiger partial charge in [-0.15, -0.1) is 0 Å². The predicted octanol–water partition coefficient (Wildman–Crippen LogP) is 3.81. The first kappa shape index (κ1) is 26.1. The second kappa shape index (κ2) is 11.3. The zero-order valence-corrected chi connectivity index (χ0v) is 19.1. The van der Waals surface area contributed by atoms with Gasteiger partial charge in [0.1, 0.15) is 11.6 Å². The lowest BCUT2D eigenvalue weighted by Crippen LogP contribution is -2.20. The van der Waals surface area contributed by atoms with Crippen LogP contribution >= 0.6 is 11.6 Å². The summed E-state index contributed by atoms with van der Waals surface area (Å²) in [7, 11) is 1.76. The molecule has 35 heavy (non-hydrogen) atoms. The zero-order valence-electron chi connectivity index (χ0n) is 18.3. The summed E-state index contributed by atoms with van der Waals surface area (Å²) in [5.74, 6) is -1.36. The fourth-order valence-corrected chi connectivity index (χ4v) is 3.38. The monoisotopic (exact) mass is 513 g/mol. The van der Waals surface area contributed by atoms with Crippen LogP contribution in [0.4, 0.5) is 23.2 Å². The molecule has 1 amide bonds. The molecule has 0 atom stereocenters. The summed E-state index contributed by atoms with van der Waals surface area (Å²) in [5, 5.41) is 10.2. The molecule has 0 unspecified atom stereocenters. The lowest BCUT2D eigenvalue weighted by atomic mass is 10.0. The summed E-state index contributed by atoms with van der Waals surface area (Å²) in [6.07, 6.45) is -3.43. The van der Waals surface area contributed by atoms with Crippen molar-refractivity contribution < 1.29 is 27.1 Å². The third kappa shape index (κ3) is 6.99. The zero-order chi connectivity index (χ0) is 25.6. The van der Waals surface area contributed by atoms with Crippen molar-refractivity contribution in [2.24, 2.45) is 0 Å². The minimum Gasteiger partial charge on any atom is -0.493 e. The molecule has 0 fully saturated rings. The van der Waals surface area contributed by atoms with Crippen LogP contribution in [0.3, 0.4) is 0 Å². The van der Waals surface area contributed by atoms with Crippen molar-refractivity contribution in [3.8, 4) is 5.75 Å². The SMILES string of the molecule is CNCCCOc1cc(F)ccc1Cc1nc(C(F)(F)F)c(Cl)cc1C(=O)Nc1cn[nH]c(=O)c1. The molecule has 2 aromatic heterocycles. The Labute approximate surface area is 201 Å². The average molecular weight is 514 g/mol. The number of rotatable bonds is 9. The number of benzene rings is 1. The lowest BCUT2D eigenvalue weighted by molar-refractivity contribution is -0.141. The first-order valence-electron chi connectivity index (χ1n) is 10.3. The first-order valence-corrected chi connectivity index (χ1v) is 10.6. The van der Waals surface area contributed by atoms with Crippen molar-refractivity contribution in [1.29, 1.82) is 0 Å². The minimum atomic E-state index is -4.88. The van der Waals surface area contributed by atoms with E-state index in [0.29, 0.717) is 18.5 Å². The van der Waals surface area contributed by atoms with E-state index in [1.54, 1.807) is 7.05 Å². The molecule has 0 aliphatic rings. The van der Waals surface area contributed by atoms with Crippen LogP contribution in [-0.4, -0.2) is 41.3 Å². The molecular weight excluding hydrogens is 494 g/mol. The molecule has 3 N–H and O–H groups in total. The number of aromatic nitrogens is 3. The highest BCUT2D eigenvalue weighted by molar-refractivity contribution is 6.31. The van der Waals surface area contributed by atoms with Gasteiger partial charge in [0.25, 0.3) is 11.5 Å². The number of alkyl halides is 3. The third-order valence-corrected chi connectivity index (χ3v) is 4.99. The van der Waals surface area contributed by atoms with Crippen molar-refractivity contribution in [3.63, 3.8) is 0 Å². The minimum absolute atomic E-state index is 0.0102. The number of H-pyrrole nitrogens is 1. The van der Waals surface area contributed by atoms with E-state index in [4.69, 9.17) is 16.3 Å². The van der Waals surface area contributed by atoms with Crippen LogP contribution < -0.4 is 20.9 Å². The second-order valence-electron chi connectivity index (χ2n) is 7.33. The molecule has 3 rings (SSSR count). The van der Waals surface area contributed by atoms with Gasteiger partial charge in [0, 0.05) is 24.1 Å². The Balaban J connectivity index is 2.01. The second-order valence-corrected chi connectivity index (χ2v) is 7.74.